The minimum absolute atomic E-state index is 0.144. The predicted molar refractivity (Wildman–Crippen MR) is 86.0 cm³/mol. The Morgan fingerprint density at radius 3 is 2.58 bits per heavy atom. The zero-order valence-corrected chi connectivity index (χ0v) is 13.4. The van der Waals surface area contributed by atoms with E-state index in [1.54, 1.807) is 20.2 Å². The highest BCUT2D eigenvalue weighted by Crippen LogP contribution is 2.17. The summed E-state index contributed by atoms with van der Waals surface area (Å²) in [4.78, 5) is 36.1. The SMILES string of the molecule is CN(C)C(=O)CNC(=O)COC(=O)c1cc(-c2ccccc2)n[nH]1. The van der Waals surface area contributed by atoms with Crippen molar-refractivity contribution in [3.8, 4) is 11.3 Å². The van der Waals surface area contributed by atoms with Crippen LogP contribution in [0.4, 0.5) is 0 Å². The molecule has 8 heteroatoms. The zero-order valence-electron chi connectivity index (χ0n) is 13.4. The van der Waals surface area contributed by atoms with Crippen LogP contribution < -0.4 is 5.32 Å². The third-order valence-corrected chi connectivity index (χ3v) is 3.14. The van der Waals surface area contributed by atoms with Crippen molar-refractivity contribution in [1.82, 2.24) is 20.4 Å². The van der Waals surface area contributed by atoms with Gasteiger partial charge in [-0.1, -0.05) is 30.3 Å². The van der Waals surface area contributed by atoms with Crippen molar-refractivity contribution in [3.05, 3.63) is 42.1 Å². The molecule has 0 aliphatic rings. The molecular formula is C16H18N4O4. The van der Waals surface area contributed by atoms with Gasteiger partial charge in [-0.3, -0.25) is 14.7 Å². The van der Waals surface area contributed by atoms with Gasteiger partial charge in [0.15, 0.2) is 6.61 Å². The van der Waals surface area contributed by atoms with Gasteiger partial charge in [0.25, 0.3) is 5.91 Å². The molecule has 0 spiro atoms. The number of aromatic amines is 1. The van der Waals surface area contributed by atoms with E-state index in [4.69, 9.17) is 4.74 Å². The number of carbonyl (C=O) groups is 3. The van der Waals surface area contributed by atoms with Gasteiger partial charge < -0.3 is 15.0 Å². The molecule has 0 fully saturated rings. The lowest BCUT2D eigenvalue weighted by atomic mass is 10.1. The first-order valence-corrected chi connectivity index (χ1v) is 7.22. The quantitative estimate of drug-likeness (QED) is 0.748. The number of carbonyl (C=O) groups excluding carboxylic acids is 3. The first-order valence-electron chi connectivity index (χ1n) is 7.22. The molecule has 1 aromatic carbocycles. The van der Waals surface area contributed by atoms with Crippen molar-refractivity contribution in [1.29, 1.82) is 0 Å². The van der Waals surface area contributed by atoms with E-state index in [1.165, 1.54) is 4.90 Å². The van der Waals surface area contributed by atoms with Crippen molar-refractivity contribution < 1.29 is 19.1 Å². The number of aromatic nitrogens is 2. The predicted octanol–water partition coefficient (Wildman–Crippen LogP) is 0.438. The van der Waals surface area contributed by atoms with E-state index in [0.29, 0.717) is 5.69 Å². The van der Waals surface area contributed by atoms with E-state index in [0.717, 1.165) is 5.56 Å². The summed E-state index contributed by atoms with van der Waals surface area (Å²) in [6.07, 6.45) is 0. The van der Waals surface area contributed by atoms with E-state index < -0.39 is 18.5 Å². The number of nitrogens with zero attached hydrogens (tertiary/aromatic N) is 2. The number of amides is 2. The van der Waals surface area contributed by atoms with Crippen LogP contribution in [0, 0.1) is 0 Å². The second-order valence-electron chi connectivity index (χ2n) is 5.17. The number of ether oxygens (including phenoxy) is 1. The monoisotopic (exact) mass is 330 g/mol. The molecule has 0 unspecified atom stereocenters. The molecule has 8 nitrogen and oxygen atoms in total. The van der Waals surface area contributed by atoms with Crippen LogP contribution in [0.25, 0.3) is 11.3 Å². The summed E-state index contributed by atoms with van der Waals surface area (Å²) in [6.45, 7) is -0.620. The average Bonchev–Trinajstić information content (AvgIpc) is 3.08. The van der Waals surface area contributed by atoms with Gasteiger partial charge in [-0.25, -0.2) is 4.79 Å². The van der Waals surface area contributed by atoms with Gasteiger partial charge in [0.2, 0.25) is 5.91 Å². The molecule has 0 saturated heterocycles. The van der Waals surface area contributed by atoms with Crippen LogP contribution in [-0.2, 0) is 14.3 Å². The summed E-state index contributed by atoms with van der Waals surface area (Å²) in [7, 11) is 3.16. The maximum absolute atomic E-state index is 11.9. The summed E-state index contributed by atoms with van der Waals surface area (Å²) in [6, 6.07) is 10.9. The fourth-order valence-corrected chi connectivity index (χ4v) is 1.78. The number of H-pyrrole nitrogens is 1. The van der Waals surface area contributed by atoms with Crippen LogP contribution in [0.1, 0.15) is 10.5 Å². The highest BCUT2D eigenvalue weighted by Gasteiger charge is 2.14. The molecule has 2 amide bonds. The Kier molecular flexibility index (Phi) is 5.67. The summed E-state index contributed by atoms with van der Waals surface area (Å²) in [5.41, 5.74) is 1.60. The molecule has 2 rings (SSSR count). The van der Waals surface area contributed by atoms with Gasteiger partial charge in [-0.2, -0.15) is 5.10 Å². The van der Waals surface area contributed by atoms with Crippen molar-refractivity contribution in [2.75, 3.05) is 27.2 Å². The molecule has 126 valence electrons. The Bertz CT molecular complexity index is 725. The second-order valence-corrected chi connectivity index (χ2v) is 5.17. The number of hydrogen-bond donors (Lipinski definition) is 2. The Balaban J connectivity index is 1.84. The summed E-state index contributed by atoms with van der Waals surface area (Å²) >= 11 is 0. The van der Waals surface area contributed by atoms with Crippen LogP contribution in [-0.4, -0.2) is 60.1 Å². The van der Waals surface area contributed by atoms with E-state index in [9.17, 15) is 14.4 Å². The molecule has 0 aliphatic heterocycles. The lowest BCUT2D eigenvalue weighted by Crippen LogP contribution is -2.38. The van der Waals surface area contributed by atoms with Crippen molar-refractivity contribution >= 4 is 17.8 Å². The molecule has 0 radical (unpaired) electrons. The van der Waals surface area contributed by atoms with Gasteiger partial charge in [0, 0.05) is 19.7 Å². The highest BCUT2D eigenvalue weighted by atomic mass is 16.5. The normalized spacial score (nSPS) is 10.1. The third-order valence-electron chi connectivity index (χ3n) is 3.14. The molecule has 2 aromatic rings. The molecule has 2 N–H and O–H groups in total. The lowest BCUT2D eigenvalue weighted by Gasteiger charge is -2.10. The van der Waals surface area contributed by atoms with E-state index in [2.05, 4.69) is 15.5 Å². The van der Waals surface area contributed by atoms with Gasteiger partial charge in [-0.05, 0) is 6.07 Å². The van der Waals surface area contributed by atoms with Gasteiger partial charge >= 0.3 is 5.97 Å². The smallest absolute Gasteiger partial charge is 0.356 e. The Labute approximate surface area is 138 Å². The van der Waals surface area contributed by atoms with Crippen LogP contribution in [0.5, 0.6) is 0 Å². The first-order chi connectivity index (χ1) is 11.5. The topological polar surface area (TPSA) is 104 Å². The number of rotatable bonds is 6. The third kappa shape index (κ3) is 4.67. The summed E-state index contributed by atoms with van der Waals surface area (Å²) in [5, 5.41) is 8.98. The van der Waals surface area contributed by atoms with Crippen LogP contribution >= 0.6 is 0 Å². The molecule has 1 aromatic heterocycles. The first kappa shape index (κ1) is 17.2. The Morgan fingerprint density at radius 2 is 1.92 bits per heavy atom. The summed E-state index contributed by atoms with van der Waals surface area (Å²) < 4.78 is 4.88. The number of likely N-dealkylation sites (N-methyl/N-ethyl adjacent to an activating group) is 1. The number of hydrogen-bond acceptors (Lipinski definition) is 5. The largest absolute Gasteiger partial charge is 0.451 e. The molecule has 0 aliphatic carbocycles. The second kappa shape index (κ2) is 7.91. The van der Waals surface area contributed by atoms with Crippen molar-refractivity contribution in [3.63, 3.8) is 0 Å². The Hall–Kier alpha value is -3.16. The average molecular weight is 330 g/mol. The molecule has 0 bridgehead atoms. The molecule has 0 saturated carbocycles. The fraction of sp³-hybridized carbons (Fsp3) is 0.250. The van der Waals surface area contributed by atoms with E-state index >= 15 is 0 Å². The maximum atomic E-state index is 11.9. The fourth-order valence-electron chi connectivity index (χ4n) is 1.78. The molecule has 0 atom stereocenters. The minimum Gasteiger partial charge on any atom is -0.451 e. The highest BCUT2D eigenvalue weighted by molar-refractivity contribution is 5.91. The minimum atomic E-state index is -0.696. The van der Waals surface area contributed by atoms with Crippen LogP contribution in [0.2, 0.25) is 0 Å². The lowest BCUT2D eigenvalue weighted by molar-refractivity contribution is -0.131. The molecule has 24 heavy (non-hydrogen) atoms. The maximum Gasteiger partial charge on any atom is 0.356 e. The van der Waals surface area contributed by atoms with Crippen LogP contribution in [0.3, 0.4) is 0 Å². The van der Waals surface area contributed by atoms with Crippen LogP contribution in [0.15, 0.2) is 36.4 Å². The van der Waals surface area contributed by atoms with Gasteiger partial charge in [-0.15, -0.1) is 0 Å². The number of nitrogens with one attached hydrogen (secondary N) is 2. The van der Waals surface area contributed by atoms with E-state index in [1.807, 2.05) is 30.3 Å². The zero-order chi connectivity index (χ0) is 17.5. The van der Waals surface area contributed by atoms with Gasteiger partial charge in [0.05, 0.1) is 12.2 Å². The number of esters is 1. The van der Waals surface area contributed by atoms with Gasteiger partial charge in [0.1, 0.15) is 5.69 Å². The molecular weight excluding hydrogens is 312 g/mol. The molecule has 1 heterocycles. The standard InChI is InChI=1S/C16H18N4O4/c1-20(2)15(22)9-17-14(21)10-24-16(23)13-8-12(18-19-13)11-6-4-3-5-7-11/h3-8H,9-10H2,1-2H3,(H,17,21)(H,18,19). The van der Waals surface area contributed by atoms with E-state index in [-0.39, 0.29) is 18.1 Å². The van der Waals surface area contributed by atoms with Crippen molar-refractivity contribution in [2.24, 2.45) is 0 Å². The Morgan fingerprint density at radius 1 is 1.21 bits per heavy atom. The number of benzene rings is 1. The van der Waals surface area contributed by atoms with Crippen molar-refractivity contribution in [2.45, 2.75) is 0 Å². The summed E-state index contributed by atoms with van der Waals surface area (Å²) in [5.74, 6) is -1.50.